The molecule has 1 saturated carbocycles. The molecule has 0 heterocycles. The second kappa shape index (κ2) is 6.29. The zero-order valence-corrected chi connectivity index (χ0v) is 11.2. The third kappa shape index (κ3) is 4.90. The first-order chi connectivity index (χ1) is 7.10. The topological polar surface area (TPSA) is 15.3 Å². The molecule has 15 heavy (non-hydrogen) atoms. The largest absolute Gasteiger partial charge is 0.316 e. The number of hydrogen-bond donors (Lipinski definition) is 1. The highest BCUT2D eigenvalue weighted by molar-refractivity contribution is 6.50. The third-order valence-electron chi connectivity index (χ3n) is 3.07. The van der Waals surface area contributed by atoms with Gasteiger partial charge in [0, 0.05) is 12.5 Å². The van der Waals surface area contributed by atoms with Gasteiger partial charge in [0.2, 0.25) is 0 Å². The highest BCUT2D eigenvalue weighted by Crippen LogP contribution is 2.52. The van der Waals surface area contributed by atoms with Crippen LogP contribution >= 0.6 is 23.2 Å². The van der Waals surface area contributed by atoms with E-state index in [2.05, 4.69) is 24.1 Å². The monoisotopic (exact) mass is 252 g/mol. The van der Waals surface area contributed by atoms with Crippen molar-refractivity contribution in [3.8, 4) is 0 Å². The van der Waals surface area contributed by atoms with Gasteiger partial charge < -0.3 is 10.2 Å². The van der Waals surface area contributed by atoms with Crippen LogP contribution < -0.4 is 5.32 Å². The normalized spacial score (nSPS) is 23.4. The Morgan fingerprint density at radius 2 is 1.93 bits per heavy atom. The summed E-state index contributed by atoms with van der Waals surface area (Å²) in [5, 5.41) is 3.41. The lowest BCUT2D eigenvalue weighted by Gasteiger charge is -2.17. The van der Waals surface area contributed by atoms with E-state index in [4.69, 9.17) is 23.2 Å². The van der Waals surface area contributed by atoms with Gasteiger partial charge in [-0.05, 0) is 39.0 Å². The molecule has 1 fully saturated rings. The number of rotatable bonds is 8. The van der Waals surface area contributed by atoms with Crippen LogP contribution in [0.2, 0.25) is 0 Å². The minimum absolute atomic E-state index is 0.425. The molecule has 0 bridgehead atoms. The fraction of sp³-hybridized carbons (Fsp3) is 1.00. The fourth-order valence-corrected chi connectivity index (χ4v) is 2.26. The second-order valence-electron chi connectivity index (χ2n) is 4.25. The van der Waals surface area contributed by atoms with Crippen molar-refractivity contribution in [3.63, 3.8) is 0 Å². The quantitative estimate of drug-likeness (QED) is 0.528. The van der Waals surface area contributed by atoms with Gasteiger partial charge in [0.15, 0.2) is 0 Å². The van der Waals surface area contributed by atoms with Gasteiger partial charge in [-0.3, -0.25) is 0 Å². The zero-order chi connectivity index (χ0) is 11.3. The summed E-state index contributed by atoms with van der Waals surface area (Å²) >= 11 is 11.9. The maximum Gasteiger partial charge on any atom is 0.122 e. The van der Waals surface area contributed by atoms with Gasteiger partial charge in [0.25, 0.3) is 0 Å². The first kappa shape index (κ1) is 13.6. The van der Waals surface area contributed by atoms with Crippen molar-refractivity contribution < 1.29 is 0 Å². The Bertz CT molecular complexity index is 177. The van der Waals surface area contributed by atoms with Gasteiger partial charge >= 0.3 is 0 Å². The molecular formula is C11H22Cl2N2. The highest BCUT2D eigenvalue weighted by atomic mass is 35.5. The highest BCUT2D eigenvalue weighted by Gasteiger charge is 2.50. The summed E-state index contributed by atoms with van der Waals surface area (Å²) in [5.74, 6) is 0.467. The summed E-state index contributed by atoms with van der Waals surface area (Å²) in [6, 6.07) is 0. The first-order valence-corrected chi connectivity index (χ1v) is 6.66. The Labute approximate surface area is 103 Å². The summed E-state index contributed by atoms with van der Waals surface area (Å²) in [5.41, 5.74) is 0. The van der Waals surface area contributed by atoms with E-state index in [1.165, 1.54) is 13.0 Å². The van der Waals surface area contributed by atoms with E-state index in [1.807, 2.05) is 0 Å². The average molecular weight is 253 g/mol. The number of nitrogens with one attached hydrogen (secondary N) is 1. The van der Waals surface area contributed by atoms with Crippen LogP contribution in [0, 0.1) is 5.92 Å². The van der Waals surface area contributed by atoms with E-state index < -0.39 is 4.33 Å². The van der Waals surface area contributed by atoms with Gasteiger partial charge in [0.1, 0.15) is 4.33 Å². The molecule has 0 aromatic carbocycles. The Balaban J connectivity index is 1.89. The predicted octanol–water partition coefficient (Wildman–Crippen LogP) is 2.50. The number of halogens is 2. The van der Waals surface area contributed by atoms with Crippen molar-refractivity contribution in [2.24, 2.45) is 5.92 Å². The molecule has 0 aromatic rings. The standard InChI is InChI=1S/C11H22Cl2N2/c1-3-15(4-2)7-5-6-14-9-10-8-11(10,12)13/h10,14H,3-9H2,1-2H3. The Morgan fingerprint density at radius 1 is 1.33 bits per heavy atom. The lowest BCUT2D eigenvalue weighted by molar-refractivity contribution is 0.298. The molecule has 0 amide bonds. The summed E-state index contributed by atoms with van der Waals surface area (Å²) in [7, 11) is 0. The minimum atomic E-state index is -0.425. The van der Waals surface area contributed by atoms with Gasteiger partial charge in [-0.25, -0.2) is 0 Å². The molecule has 1 atom stereocenters. The molecule has 1 aliphatic carbocycles. The Morgan fingerprint density at radius 3 is 2.40 bits per heavy atom. The third-order valence-corrected chi connectivity index (χ3v) is 3.99. The van der Waals surface area contributed by atoms with Crippen molar-refractivity contribution in [3.05, 3.63) is 0 Å². The molecule has 0 aromatic heterocycles. The van der Waals surface area contributed by atoms with Crippen LogP contribution in [0.25, 0.3) is 0 Å². The van der Waals surface area contributed by atoms with E-state index >= 15 is 0 Å². The molecular weight excluding hydrogens is 231 g/mol. The SMILES string of the molecule is CCN(CC)CCCNCC1CC1(Cl)Cl. The van der Waals surface area contributed by atoms with E-state index in [1.54, 1.807) is 0 Å². The van der Waals surface area contributed by atoms with Crippen molar-refractivity contribution in [2.75, 3.05) is 32.7 Å². The smallest absolute Gasteiger partial charge is 0.122 e. The number of alkyl halides is 2. The van der Waals surface area contributed by atoms with Crippen LogP contribution in [0.15, 0.2) is 0 Å². The van der Waals surface area contributed by atoms with Crippen molar-refractivity contribution >= 4 is 23.2 Å². The van der Waals surface area contributed by atoms with Crippen molar-refractivity contribution in [1.29, 1.82) is 0 Å². The van der Waals surface area contributed by atoms with Crippen LogP contribution in [0.3, 0.4) is 0 Å². The zero-order valence-electron chi connectivity index (χ0n) is 9.73. The van der Waals surface area contributed by atoms with Gasteiger partial charge in [0.05, 0.1) is 0 Å². The second-order valence-corrected chi connectivity index (χ2v) is 5.79. The number of nitrogens with zero attached hydrogens (tertiary/aromatic N) is 1. The molecule has 2 nitrogen and oxygen atoms in total. The summed E-state index contributed by atoms with van der Waals surface area (Å²) in [6.07, 6.45) is 2.14. The summed E-state index contributed by atoms with van der Waals surface area (Å²) in [6.45, 7) is 9.91. The molecule has 0 aliphatic heterocycles. The van der Waals surface area contributed by atoms with E-state index in [9.17, 15) is 0 Å². The molecule has 1 N–H and O–H groups in total. The summed E-state index contributed by atoms with van der Waals surface area (Å²) in [4.78, 5) is 2.44. The maximum atomic E-state index is 5.93. The van der Waals surface area contributed by atoms with Crippen LogP contribution in [-0.4, -0.2) is 42.0 Å². The van der Waals surface area contributed by atoms with Gasteiger partial charge in [-0.1, -0.05) is 13.8 Å². The van der Waals surface area contributed by atoms with Crippen LogP contribution in [0.4, 0.5) is 0 Å². The van der Waals surface area contributed by atoms with E-state index in [-0.39, 0.29) is 0 Å². The molecule has 0 radical (unpaired) electrons. The van der Waals surface area contributed by atoms with Crippen molar-refractivity contribution in [1.82, 2.24) is 10.2 Å². The lowest BCUT2D eigenvalue weighted by Crippen LogP contribution is -2.28. The van der Waals surface area contributed by atoms with Gasteiger partial charge in [-0.2, -0.15) is 0 Å². The summed E-state index contributed by atoms with van der Waals surface area (Å²) < 4.78 is -0.425. The maximum absolute atomic E-state index is 5.93. The van der Waals surface area contributed by atoms with Crippen LogP contribution in [-0.2, 0) is 0 Å². The van der Waals surface area contributed by atoms with Gasteiger partial charge in [-0.15, -0.1) is 23.2 Å². The lowest BCUT2D eigenvalue weighted by atomic mass is 10.3. The molecule has 4 heteroatoms. The minimum Gasteiger partial charge on any atom is -0.316 e. The Hall–Kier alpha value is 0.500. The molecule has 90 valence electrons. The molecule has 0 spiro atoms. The average Bonchev–Trinajstić information content (AvgIpc) is 2.80. The molecule has 1 unspecified atom stereocenters. The first-order valence-electron chi connectivity index (χ1n) is 5.91. The molecule has 1 rings (SSSR count). The molecule has 0 saturated heterocycles. The fourth-order valence-electron chi connectivity index (χ4n) is 1.73. The van der Waals surface area contributed by atoms with E-state index in [0.717, 1.165) is 32.6 Å². The van der Waals surface area contributed by atoms with E-state index in [0.29, 0.717) is 5.92 Å². The Kier molecular flexibility index (Phi) is 5.69. The van der Waals surface area contributed by atoms with Crippen LogP contribution in [0.5, 0.6) is 0 Å². The molecule has 1 aliphatic rings. The van der Waals surface area contributed by atoms with Crippen LogP contribution in [0.1, 0.15) is 26.7 Å². The predicted molar refractivity (Wildman–Crippen MR) is 67.8 cm³/mol. The number of hydrogen-bond acceptors (Lipinski definition) is 2. The van der Waals surface area contributed by atoms with Crippen molar-refractivity contribution in [2.45, 2.75) is 31.0 Å².